The van der Waals surface area contributed by atoms with Gasteiger partial charge in [0.15, 0.2) is 5.54 Å². The van der Waals surface area contributed by atoms with Crippen molar-refractivity contribution in [1.82, 2.24) is 10.5 Å². The molecule has 3 aromatic rings. The van der Waals surface area contributed by atoms with Gasteiger partial charge >= 0.3 is 12.5 Å². The molecule has 1 aliphatic heterocycles. The van der Waals surface area contributed by atoms with Gasteiger partial charge in [0.1, 0.15) is 12.4 Å². The maximum Gasteiger partial charge on any atom is 0.320 e. The average Bonchev–Trinajstić information content (AvgIpc) is 3.19. The van der Waals surface area contributed by atoms with E-state index in [4.69, 9.17) is 4.74 Å². The standard InChI is InChI=1S/C21H15F2N3O3/c22-18-9-8-15(11-17(18)16-7-4-10-24-19(16)23)21(14-5-2-1-3-6-14)12-28-20(25-21)26-29-13-27/h1-11,13H,12H2,(H,25,26). The first-order valence-corrected chi connectivity index (χ1v) is 8.68. The number of nitrogens with one attached hydrogen (secondary N) is 1. The topological polar surface area (TPSA) is 72.8 Å². The molecule has 1 aromatic heterocycles. The fraction of sp³-hybridized carbons (Fsp3) is 0.0952. The third-order valence-corrected chi connectivity index (χ3v) is 4.65. The molecule has 1 unspecified atom stereocenters. The lowest BCUT2D eigenvalue weighted by atomic mass is 9.83. The zero-order chi connectivity index (χ0) is 20.3. The van der Waals surface area contributed by atoms with Crippen LogP contribution in [0.15, 0.2) is 71.9 Å². The van der Waals surface area contributed by atoms with Gasteiger partial charge in [-0.05, 0) is 35.4 Å². The normalized spacial score (nSPS) is 17.9. The second-order valence-corrected chi connectivity index (χ2v) is 6.28. The van der Waals surface area contributed by atoms with Crippen LogP contribution in [-0.4, -0.2) is 24.1 Å². The van der Waals surface area contributed by atoms with Crippen LogP contribution in [0, 0.1) is 11.8 Å². The van der Waals surface area contributed by atoms with Crippen molar-refractivity contribution in [3.05, 3.63) is 89.8 Å². The largest absolute Gasteiger partial charge is 0.460 e. The van der Waals surface area contributed by atoms with E-state index in [-0.39, 0.29) is 30.2 Å². The van der Waals surface area contributed by atoms with E-state index in [1.54, 1.807) is 6.07 Å². The zero-order valence-electron chi connectivity index (χ0n) is 15.0. The Morgan fingerprint density at radius 3 is 2.62 bits per heavy atom. The predicted octanol–water partition coefficient (Wildman–Crippen LogP) is 3.33. The van der Waals surface area contributed by atoms with E-state index in [2.05, 4.69) is 20.3 Å². The van der Waals surface area contributed by atoms with Crippen molar-refractivity contribution in [2.45, 2.75) is 5.54 Å². The summed E-state index contributed by atoms with van der Waals surface area (Å²) in [5, 5.41) is 0. The van der Waals surface area contributed by atoms with E-state index in [9.17, 15) is 13.6 Å². The molecule has 0 radical (unpaired) electrons. The van der Waals surface area contributed by atoms with Gasteiger partial charge in [0.2, 0.25) is 5.95 Å². The summed E-state index contributed by atoms with van der Waals surface area (Å²) in [4.78, 5) is 23.1. The lowest BCUT2D eigenvalue weighted by Crippen LogP contribution is -2.27. The van der Waals surface area contributed by atoms with Crippen molar-refractivity contribution in [2.24, 2.45) is 4.99 Å². The van der Waals surface area contributed by atoms with E-state index in [0.29, 0.717) is 5.56 Å². The van der Waals surface area contributed by atoms with Crippen molar-refractivity contribution in [3.8, 4) is 11.1 Å². The number of hydrogen-bond donors (Lipinski definition) is 1. The molecule has 0 saturated carbocycles. The first-order valence-electron chi connectivity index (χ1n) is 8.68. The number of nitrogens with zero attached hydrogens (tertiary/aromatic N) is 2. The van der Waals surface area contributed by atoms with Crippen molar-refractivity contribution < 1.29 is 23.1 Å². The third kappa shape index (κ3) is 3.40. The molecule has 0 spiro atoms. The smallest absolute Gasteiger partial charge is 0.320 e. The Balaban J connectivity index is 1.87. The molecule has 1 N–H and O–H groups in total. The van der Waals surface area contributed by atoms with E-state index in [1.807, 2.05) is 30.3 Å². The van der Waals surface area contributed by atoms with Gasteiger partial charge in [0.05, 0.1) is 0 Å². The molecule has 1 atom stereocenters. The van der Waals surface area contributed by atoms with Crippen molar-refractivity contribution in [1.29, 1.82) is 0 Å². The van der Waals surface area contributed by atoms with E-state index in [0.717, 1.165) is 5.56 Å². The summed E-state index contributed by atoms with van der Waals surface area (Å²) in [5.41, 5.74) is 2.71. The summed E-state index contributed by atoms with van der Waals surface area (Å²) < 4.78 is 34.3. The van der Waals surface area contributed by atoms with Gasteiger partial charge in [0, 0.05) is 17.3 Å². The Morgan fingerprint density at radius 1 is 1.03 bits per heavy atom. The van der Waals surface area contributed by atoms with Crippen LogP contribution in [-0.2, 0) is 19.9 Å². The highest BCUT2D eigenvalue weighted by molar-refractivity contribution is 5.77. The molecule has 8 heteroatoms. The molecule has 6 nitrogen and oxygen atoms in total. The van der Waals surface area contributed by atoms with E-state index >= 15 is 0 Å². The summed E-state index contributed by atoms with van der Waals surface area (Å²) in [6.07, 6.45) is 1.30. The fourth-order valence-electron chi connectivity index (χ4n) is 3.29. The van der Waals surface area contributed by atoms with Crippen LogP contribution in [0.5, 0.6) is 0 Å². The summed E-state index contributed by atoms with van der Waals surface area (Å²) in [5.74, 6) is -1.36. The van der Waals surface area contributed by atoms with Crippen LogP contribution in [0.1, 0.15) is 11.1 Å². The number of aliphatic imine (C=N–C) groups is 1. The maximum atomic E-state index is 14.6. The summed E-state index contributed by atoms with van der Waals surface area (Å²) in [6.45, 7) is 0.276. The number of ether oxygens (including phenoxy) is 1. The fourth-order valence-corrected chi connectivity index (χ4v) is 3.29. The highest BCUT2D eigenvalue weighted by Crippen LogP contribution is 2.39. The molecule has 0 fully saturated rings. The summed E-state index contributed by atoms with van der Waals surface area (Å²) in [7, 11) is 0. The second kappa shape index (κ2) is 7.67. The Morgan fingerprint density at radius 2 is 1.86 bits per heavy atom. The molecule has 2 heterocycles. The Hall–Kier alpha value is -3.81. The molecule has 29 heavy (non-hydrogen) atoms. The molecule has 0 aliphatic carbocycles. The number of benzene rings is 2. The summed E-state index contributed by atoms with van der Waals surface area (Å²) in [6, 6.07) is 16.6. The Bertz CT molecular complexity index is 1080. The van der Waals surface area contributed by atoms with Crippen LogP contribution in [0.25, 0.3) is 11.1 Å². The molecule has 0 bridgehead atoms. The molecule has 2 aromatic carbocycles. The first kappa shape index (κ1) is 18.5. The van der Waals surface area contributed by atoms with Gasteiger partial charge in [-0.2, -0.15) is 9.87 Å². The third-order valence-electron chi connectivity index (χ3n) is 4.65. The molecular formula is C21H15F2N3O3. The molecule has 0 saturated heterocycles. The lowest BCUT2D eigenvalue weighted by Gasteiger charge is -2.26. The lowest BCUT2D eigenvalue weighted by molar-refractivity contribution is -0.132. The Labute approximate surface area is 164 Å². The quantitative estimate of drug-likeness (QED) is 0.408. The van der Waals surface area contributed by atoms with Crippen LogP contribution in [0.4, 0.5) is 8.78 Å². The highest BCUT2D eigenvalue weighted by atomic mass is 19.1. The SMILES string of the molecule is O=CONC1=NC(c2ccccc2)(c2ccc(F)c(-c3cccnc3F)c2)CO1. The molecule has 1 aliphatic rings. The van der Waals surface area contributed by atoms with Crippen molar-refractivity contribution in [2.75, 3.05) is 6.61 Å². The maximum absolute atomic E-state index is 14.6. The van der Waals surface area contributed by atoms with Crippen LogP contribution in [0.3, 0.4) is 0 Å². The van der Waals surface area contributed by atoms with Gasteiger partial charge in [-0.3, -0.25) is 4.79 Å². The number of hydrogen-bond acceptors (Lipinski definition) is 6. The highest BCUT2D eigenvalue weighted by Gasteiger charge is 2.41. The minimum atomic E-state index is -1.04. The minimum absolute atomic E-state index is 0.000568. The number of amidine groups is 1. The van der Waals surface area contributed by atoms with Crippen LogP contribution >= 0.6 is 0 Å². The van der Waals surface area contributed by atoms with Gasteiger partial charge in [0.25, 0.3) is 0 Å². The number of rotatable bonds is 5. The van der Waals surface area contributed by atoms with Crippen molar-refractivity contribution >= 4 is 12.5 Å². The number of carbonyl (C=O) groups excluding carboxylic acids is 1. The number of halogens is 2. The zero-order valence-corrected chi connectivity index (χ0v) is 15.0. The van der Waals surface area contributed by atoms with Crippen molar-refractivity contribution in [3.63, 3.8) is 0 Å². The molecular weight excluding hydrogens is 380 g/mol. The van der Waals surface area contributed by atoms with Gasteiger partial charge in [-0.15, -0.1) is 0 Å². The Kier molecular flexibility index (Phi) is 4.90. The predicted molar refractivity (Wildman–Crippen MR) is 100 cm³/mol. The second-order valence-electron chi connectivity index (χ2n) is 6.28. The minimum Gasteiger partial charge on any atom is -0.460 e. The summed E-state index contributed by atoms with van der Waals surface area (Å²) >= 11 is 0. The number of carbonyl (C=O) groups is 1. The van der Waals surface area contributed by atoms with E-state index in [1.165, 1.54) is 30.5 Å². The van der Waals surface area contributed by atoms with Gasteiger partial charge < -0.3 is 9.57 Å². The van der Waals surface area contributed by atoms with E-state index < -0.39 is 17.3 Å². The average molecular weight is 395 g/mol. The van der Waals surface area contributed by atoms with Crippen LogP contribution < -0.4 is 5.48 Å². The number of hydroxylamine groups is 1. The van der Waals surface area contributed by atoms with Gasteiger partial charge in [-0.1, -0.05) is 36.4 Å². The van der Waals surface area contributed by atoms with Gasteiger partial charge in [-0.25, -0.2) is 14.4 Å². The first-order chi connectivity index (χ1) is 14.1. The monoisotopic (exact) mass is 395 g/mol. The molecule has 0 amide bonds. The number of pyridine rings is 1. The number of aromatic nitrogens is 1. The molecule has 4 rings (SSSR count). The molecule has 146 valence electrons. The van der Waals surface area contributed by atoms with Crippen LogP contribution in [0.2, 0.25) is 0 Å².